The van der Waals surface area contributed by atoms with Crippen LogP contribution in [0.25, 0.3) is 21.9 Å². The summed E-state index contributed by atoms with van der Waals surface area (Å²) in [7, 11) is 0. The predicted octanol–water partition coefficient (Wildman–Crippen LogP) is 4.94. The minimum atomic E-state index is -0.319. The number of unbranched alkanes of at least 4 members (excludes halogenated alkanes) is 1. The molecular formula is C22H22ClFN4O. The van der Waals surface area contributed by atoms with Crippen molar-refractivity contribution in [3.05, 3.63) is 63.9 Å². The Kier molecular flexibility index (Phi) is 4.66. The number of halogens is 2. The van der Waals surface area contributed by atoms with Gasteiger partial charge < -0.3 is 4.57 Å². The molecule has 3 heterocycles. The molecule has 150 valence electrons. The van der Waals surface area contributed by atoms with Crippen LogP contribution >= 0.6 is 11.6 Å². The van der Waals surface area contributed by atoms with Crippen molar-refractivity contribution >= 4 is 33.5 Å². The number of fused-ring (bicyclic) bond motifs is 2. The van der Waals surface area contributed by atoms with Crippen molar-refractivity contribution in [1.29, 1.82) is 0 Å². The molecule has 29 heavy (non-hydrogen) atoms. The number of rotatable bonds is 7. The summed E-state index contributed by atoms with van der Waals surface area (Å²) in [6.07, 6.45) is 6.87. The first-order valence-electron chi connectivity index (χ1n) is 10.1. The lowest BCUT2D eigenvalue weighted by atomic mass is 10.2. The van der Waals surface area contributed by atoms with E-state index in [0.717, 1.165) is 46.9 Å². The Balaban J connectivity index is 1.63. The largest absolute Gasteiger partial charge is 0.343 e. The predicted molar refractivity (Wildman–Crippen MR) is 114 cm³/mol. The highest BCUT2D eigenvalue weighted by molar-refractivity contribution is 6.31. The Morgan fingerprint density at radius 2 is 1.93 bits per heavy atom. The molecule has 0 atom stereocenters. The quantitative estimate of drug-likeness (QED) is 0.403. The van der Waals surface area contributed by atoms with Crippen molar-refractivity contribution in [2.45, 2.75) is 44.8 Å². The summed E-state index contributed by atoms with van der Waals surface area (Å²) in [6, 6.07) is 10.1. The Hall–Kier alpha value is -2.60. The van der Waals surface area contributed by atoms with E-state index in [4.69, 9.17) is 11.6 Å². The van der Waals surface area contributed by atoms with Crippen molar-refractivity contribution in [1.82, 2.24) is 18.7 Å². The van der Waals surface area contributed by atoms with Gasteiger partial charge in [0.1, 0.15) is 0 Å². The zero-order chi connectivity index (χ0) is 20.0. The van der Waals surface area contributed by atoms with Crippen molar-refractivity contribution in [3.8, 4) is 0 Å². The van der Waals surface area contributed by atoms with Gasteiger partial charge in [0.15, 0.2) is 0 Å². The maximum atomic E-state index is 13.2. The number of aryl methyl sites for hydroxylation is 1. The second kappa shape index (κ2) is 7.34. The highest BCUT2D eigenvalue weighted by Crippen LogP contribution is 2.36. The van der Waals surface area contributed by atoms with Crippen LogP contribution in [0.5, 0.6) is 0 Å². The fourth-order valence-electron chi connectivity index (χ4n) is 4.19. The van der Waals surface area contributed by atoms with Crippen LogP contribution in [-0.4, -0.2) is 25.4 Å². The molecule has 0 N–H and O–H groups in total. The minimum Gasteiger partial charge on any atom is -0.343 e. The summed E-state index contributed by atoms with van der Waals surface area (Å²) in [5.74, 6) is 0. The molecule has 7 heteroatoms. The highest BCUT2D eigenvalue weighted by atomic mass is 35.5. The molecule has 0 saturated heterocycles. The van der Waals surface area contributed by atoms with Gasteiger partial charge >= 0.3 is 5.69 Å². The van der Waals surface area contributed by atoms with Gasteiger partial charge in [-0.3, -0.25) is 18.5 Å². The van der Waals surface area contributed by atoms with Crippen molar-refractivity contribution in [2.24, 2.45) is 0 Å². The number of aromatic nitrogens is 4. The second-order valence-corrected chi connectivity index (χ2v) is 8.16. The third kappa shape index (κ3) is 3.25. The van der Waals surface area contributed by atoms with Gasteiger partial charge in [0, 0.05) is 40.4 Å². The van der Waals surface area contributed by atoms with E-state index in [-0.39, 0.29) is 12.4 Å². The Labute approximate surface area is 172 Å². The number of nitrogens with zero attached hydrogens (tertiary/aromatic N) is 4. The molecule has 1 fully saturated rings. The van der Waals surface area contributed by atoms with Gasteiger partial charge in [0.2, 0.25) is 0 Å². The molecule has 5 nitrogen and oxygen atoms in total. The molecule has 0 aliphatic heterocycles. The fourth-order valence-corrected chi connectivity index (χ4v) is 4.37. The molecule has 1 aromatic carbocycles. The molecule has 4 aromatic rings. The number of hydrogen-bond acceptors (Lipinski definition) is 2. The summed E-state index contributed by atoms with van der Waals surface area (Å²) >= 11 is 6.19. The molecule has 1 saturated carbocycles. The number of hydrogen-bond donors (Lipinski definition) is 0. The fraction of sp³-hybridized carbons (Fsp3) is 0.364. The second-order valence-electron chi connectivity index (χ2n) is 7.72. The van der Waals surface area contributed by atoms with Crippen LogP contribution in [0.2, 0.25) is 5.02 Å². The molecule has 0 amide bonds. The van der Waals surface area contributed by atoms with E-state index in [0.29, 0.717) is 30.6 Å². The monoisotopic (exact) mass is 412 g/mol. The summed E-state index contributed by atoms with van der Waals surface area (Å²) in [5.41, 5.74) is 3.87. The van der Waals surface area contributed by atoms with Crippen molar-refractivity contribution in [3.63, 3.8) is 0 Å². The summed E-state index contributed by atoms with van der Waals surface area (Å²) in [5, 5.41) is 1.71. The van der Waals surface area contributed by atoms with Crippen molar-refractivity contribution in [2.75, 3.05) is 6.67 Å². The summed E-state index contributed by atoms with van der Waals surface area (Å²) < 4.78 is 18.6. The number of alkyl halides is 1. The number of imidazole rings is 1. The molecule has 0 unspecified atom stereocenters. The topological polar surface area (TPSA) is 44.8 Å². The van der Waals surface area contributed by atoms with Gasteiger partial charge in [-0.15, -0.1) is 0 Å². The standard InChI is InChI=1S/C22H22ClFN4O/c23-16-3-6-19-15(11-16)12-18(26(19)10-2-1-8-24)14-27-21-13-25-9-7-20(21)28(22(27)29)17-4-5-17/h3,6-7,9,11-13,17H,1-2,4-5,8,10,14H2. The van der Waals surface area contributed by atoms with E-state index < -0.39 is 0 Å². The molecule has 1 aliphatic carbocycles. The molecule has 0 spiro atoms. The minimum absolute atomic E-state index is 0.00842. The molecule has 0 radical (unpaired) electrons. The van der Waals surface area contributed by atoms with Gasteiger partial charge in [0.25, 0.3) is 0 Å². The average molecular weight is 413 g/mol. The summed E-state index contributed by atoms with van der Waals surface area (Å²) in [4.78, 5) is 17.5. The maximum absolute atomic E-state index is 13.2. The highest BCUT2D eigenvalue weighted by Gasteiger charge is 2.29. The zero-order valence-corrected chi connectivity index (χ0v) is 16.8. The van der Waals surface area contributed by atoms with Crippen LogP contribution in [-0.2, 0) is 13.1 Å². The lowest BCUT2D eigenvalue weighted by Crippen LogP contribution is -2.25. The van der Waals surface area contributed by atoms with E-state index >= 15 is 0 Å². The third-order valence-corrected chi connectivity index (χ3v) is 5.95. The number of pyridine rings is 1. The van der Waals surface area contributed by atoms with Crippen LogP contribution < -0.4 is 5.69 Å². The van der Waals surface area contributed by atoms with Crippen LogP contribution in [0.15, 0.2) is 47.5 Å². The normalized spacial score (nSPS) is 14.3. The van der Waals surface area contributed by atoms with Crippen LogP contribution in [0, 0.1) is 0 Å². The van der Waals surface area contributed by atoms with Gasteiger partial charge in [-0.25, -0.2) is 4.79 Å². The zero-order valence-electron chi connectivity index (χ0n) is 16.0. The van der Waals surface area contributed by atoms with Gasteiger partial charge in [-0.2, -0.15) is 0 Å². The molecule has 1 aliphatic rings. The first-order valence-corrected chi connectivity index (χ1v) is 10.4. The van der Waals surface area contributed by atoms with E-state index in [9.17, 15) is 9.18 Å². The SMILES string of the molecule is O=c1n(Cc2cc3cc(Cl)ccc3n2CCCCF)c2cnccc2n1C1CC1. The molecule has 0 bridgehead atoms. The average Bonchev–Trinajstić information content (AvgIpc) is 3.44. The van der Waals surface area contributed by atoms with E-state index in [1.807, 2.05) is 33.4 Å². The third-order valence-electron chi connectivity index (χ3n) is 5.71. The molecule has 3 aromatic heterocycles. The van der Waals surface area contributed by atoms with E-state index in [2.05, 4.69) is 15.6 Å². The van der Waals surface area contributed by atoms with Gasteiger partial charge in [0.05, 0.1) is 30.4 Å². The van der Waals surface area contributed by atoms with Gasteiger partial charge in [-0.05, 0) is 56.0 Å². The van der Waals surface area contributed by atoms with E-state index in [1.165, 1.54) is 0 Å². The lowest BCUT2D eigenvalue weighted by Gasteiger charge is -2.11. The Morgan fingerprint density at radius 3 is 2.72 bits per heavy atom. The Bertz CT molecular complexity index is 1250. The van der Waals surface area contributed by atoms with Crippen LogP contribution in [0.4, 0.5) is 4.39 Å². The first kappa shape index (κ1) is 18.4. The van der Waals surface area contributed by atoms with E-state index in [1.54, 1.807) is 12.4 Å². The van der Waals surface area contributed by atoms with Gasteiger partial charge in [-0.1, -0.05) is 11.6 Å². The smallest absolute Gasteiger partial charge is 0.329 e. The number of benzene rings is 1. The first-order chi connectivity index (χ1) is 14.2. The van der Waals surface area contributed by atoms with Crippen molar-refractivity contribution < 1.29 is 4.39 Å². The maximum Gasteiger partial charge on any atom is 0.329 e. The summed E-state index contributed by atoms with van der Waals surface area (Å²) in [6.45, 7) is 0.835. The Morgan fingerprint density at radius 1 is 1.07 bits per heavy atom. The lowest BCUT2D eigenvalue weighted by molar-refractivity contribution is 0.447. The van der Waals surface area contributed by atoms with Crippen LogP contribution in [0.3, 0.4) is 0 Å². The van der Waals surface area contributed by atoms with Crippen LogP contribution in [0.1, 0.15) is 37.4 Å². The molecule has 5 rings (SSSR count). The molecular weight excluding hydrogens is 391 g/mol.